The van der Waals surface area contributed by atoms with Crippen molar-refractivity contribution >= 4 is 38.9 Å². The van der Waals surface area contributed by atoms with Crippen LogP contribution in [0.15, 0.2) is 77.7 Å². The first kappa shape index (κ1) is 26.8. The summed E-state index contributed by atoms with van der Waals surface area (Å²) in [6, 6.07) is 17.2. The van der Waals surface area contributed by atoms with E-state index in [9.17, 15) is 26.4 Å². The normalized spacial score (nSPS) is 14.5. The maximum absolute atomic E-state index is 13.5. The number of hydrogen-bond donors (Lipinski definition) is 0. The lowest BCUT2D eigenvalue weighted by Gasteiger charge is -2.37. The Labute approximate surface area is 218 Å². The molecule has 6 nitrogen and oxygen atoms in total. The molecule has 0 radical (unpaired) electrons. The van der Waals surface area contributed by atoms with Gasteiger partial charge in [-0.15, -0.1) is 0 Å². The smallest absolute Gasteiger partial charge is 0.368 e. The number of carbonyl (C=O) groups is 1. The summed E-state index contributed by atoms with van der Waals surface area (Å²) in [5.41, 5.74) is 0.489. The van der Waals surface area contributed by atoms with Crippen LogP contribution in [0.4, 0.5) is 24.5 Å². The van der Waals surface area contributed by atoms with Crippen LogP contribution >= 0.6 is 11.6 Å². The van der Waals surface area contributed by atoms with Crippen molar-refractivity contribution in [2.45, 2.75) is 18.0 Å². The molecule has 1 aliphatic rings. The zero-order valence-corrected chi connectivity index (χ0v) is 21.5. The van der Waals surface area contributed by atoms with Gasteiger partial charge in [-0.2, -0.15) is 13.2 Å². The van der Waals surface area contributed by atoms with Crippen LogP contribution in [0.1, 0.15) is 11.1 Å². The summed E-state index contributed by atoms with van der Waals surface area (Å²) in [4.78, 5) is 16.7. The van der Waals surface area contributed by atoms with Crippen LogP contribution < -0.4 is 9.21 Å². The quantitative estimate of drug-likeness (QED) is 0.422. The Morgan fingerprint density at radius 1 is 0.946 bits per heavy atom. The van der Waals surface area contributed by atoms with Gasteiger partial charge in [0.05, 0.1) is 16.1 Å². The fourth-order valence-corrected chi connectivity index (χ4v) is 5.69. The molecule has 0 unspecified atom stereocenters. The average molecular weight is 552 g/mol. The Kier molecular flexibility index (Phi) is 7.70. The summed E-state index contributed by atoms with van der Waals surface area (Å²) in [6.07, 6.45) is -4.67. The Morgan fingerprint density at radius 3 is 2.22 bits per heavy atom. The number of anilines is 2. The number of piperazine rings is 1. The third kappa shape index (κ3) is 6.19. The fraction of sp³-hybridized carbons (Fsp3) is 0.269. The number of sulfonamides is 1. The zero-order chi connectivity index (χ0) is 26.8. The molecule has 1 heterocycles. The fourth-order valence-electron chi connectivity index (χ4n) is 4.10. The minimum atomic E-state index is -4.67. The molecule has 0 spiro atoms. The molecule has 11 heteroatoms. The molecular formula is C26H25ClF3N3O3S. The van der Waals surface area contributed by atoms with Gasteiger partial charge in [-0.1, -0.05) is 41.4 Å². The third-order valence-corrected chi connectivity index (χ3v) is 8.18. The summed E-state index contributed by atoms with van der Waals surface area (Å²) >= 11 is 6.08. The highest BCUT2D eigenvalue weighted by atomic mass is 35.5. The van der Waals surface area contributed by atoms with E-state index in [1.807, 2.05) is 18.2 Å². The number of aryl methyl sites for hydroxylation is 1. The van der Waals surface area contributed by atoms with Crippen molar-refractivity contribution in [1.29, 1.82) is 0 Å². The van der Waals surface area contributed by atoms with Crippen molar-refractivity contribution < 1.29 is 26.4 Å². The number of amides is 1. The van der Waals surface area contributed by atoms with Gasteiger partial charge in [0.1, 0.15) is 6.54 Å². The maximum atomic E-state index is 13.5. The van der Waals surface area contributed by atoms with E-state index < -0.39 is 34.2 Å². The summed E-state index contributed by atoms with van der Waals surface area (Å²) in [5, 5.41) is 0.592. The topological polar surface area (TPSA) is 60.9 Å². The Bertz CT molecular complexity index is 1370. The molecule has 1 aliphatic heterocycles. The molecule has 0 aromatic heterocycles. The third-order valence-electron chi connectivity index (χ3n) is 6.16. The number of halogens is 4. The van der Waals surface area contributed by atoms with Crippen LogP contribution in [-0.2, 0) is 21.0 Å². The van der Waals surface area contributed by atoms with Crippen molar-refractivity contribution in [3.8, 4) is 0 Å². The number of nitrogens with zero attached hydrogens (tertiary/aromatic N) is 3. The molecule has 196 valence electrons. The molecule has 1 amide bonds. The molecule has 0 saturated carbocycles. The first-order chi connectivity index (χ1) is 17.4. The lowest BCUT2D eigenvalue weighted by molar-refractivity contribution is -0.137. The van der Waals surface area contributed by atoms with Gasteiger partial charge >= 0.3 is 6.18 Å². The van der Waals surface area contributed by atoms with Gasteiger partial charge in [0.25, 0.3) is 10.0 Å². The molecule has 3 aromatic rings. The summed E-state index contributed by atoms with van der Waals surface area (Å²) < 4.78 is 68.0. The predicted molar refractivity (Wildman–Crippen MR) is 137 cm³/mol. The SMILES string of the molecule is Cc1ccc(S(=O)(=O)N(CC(=O)N2CCN(c3cccc(Cl)c3)CC2)c2cccc(C(F)(F)F)c2)cc1. The summed E-state index contributed by atoms with van der Waals surface area (Å²) in [6.45, 7) is 2.81. The number of benzene rings is 3. The number of hydrogen-bond acceptors (Lipinski definition) is 4. The predicted octanol–water partition coefficient (Wildman–Crippen LogP) is 5.21. The van der Waals surface area contributed by atoms with Crippen LogP contribution in [0.5, 0.6) is 0 Å². The first-order valence-corrected chi connectivity index (χ1v) is 13.3. The van der Waals surface area contributed by atoms with E-state index in [0.29, 0.717) is 31.2 Å². The van der Waals surface area contributed by atoms with Gasteiger partial charge in [-0.3, -0.25) is 9.10 Å². The molecule has 0 N–H and O–H groups in total. The molecule has 4 rings (SSSR count). The molecule has 0 atom stereocenters. The standard InChI is InChI=1S/C26H25ClF3N3O3S/c1-19-8-10-24(11-9-19)37(35,36)33(23-7-2-4-20(16-23)26(28,29)30)18-25(34)32-14-12-31(13-15-32)22-6-3-5-21(27)17-22/h2-11,16-17H,12-15,18H2,1H3. The van der Waals surface area contributed by atoms with Crippen LogP contribution in [0.2, 0.25) is 5.02 Å². The van der Waals surface area contributed by atoms with Crippen LogP contribution in [0, 0.1) is 6.92 Å². The lowest BCUT2D eigenvalue weighted by atomic mass is 10.2. The second-order valence-corrected chi connectivity index (χ2v) is 11.0. The molecule has 0 bridgehead atoms. The second-order valence-electron chi connectivity index (χ2n) is 8.72. The highest BCUT2D eigenvalue weighted by molar-refractivity contribution is 7.92. The van der Waals surface area contributed by atoms with Crippen molar-refractivity contribution in [2.75, 3.05) is 41.9 Å². The Hall–Kier alpha value is -3.24. The number of alkyl halides is 3. The summed E-state index contributed by atoms with van der Waals surface area (Å²) in [7, 11) is -4.33. The van der Waals surface area contributed by atoms with Crippen molar-refractivity contribution in [1.82, 2.24) is 4.90 Å². The van der Waals surface area contributed by atoms with Gasteiger partial charge < -0.3 is 9.80 Å². The lowest BCUT2D eigenvalue weighted by Crippen LogP contribution is -2.52. The molecule has 0 aliphatic carbocycles. The minimum absolute atomic E-state index is 0.117. The molecule has 3 aromatic carbocycles. The van der Waals surface area contributed by atoms with Crippen molar-refractivity contribution in [3.05, 3.63) is 88.9 Å². The monoisotopic (exact) mass is 551 g/mol. The largest absolute Gasteiger partial charge is 0.416 e. The van der Waals surface area contributed by atoms with E-state index in [1.165, 1.54) is 23.1 Å². The average Bonchev–Trinajstić information content (AvgIpc) is 2.87. The van der Waals surface area contributed by atoms with E-state index in [2.05, 4.69) is 4.90 Å². The molecule has 37 heavy (non-hydrogen) atoms. The van der Waals surface area contributed by atoms with Gasteiger partial charge in [0, 0.05) is 36.9 Å². The summed E-state index contributed by atoms with van der Waals surface area (Å²) in [5.74, 6) is -0.501. The number of rotatable bonds is 6. The van der Waals surface area contributed by atoms with E-state index in [0.717, 1.165) is 33.8 Å². The Balaban J connectivity index is 1.59. The van der Waals surface area contributed by atoms with Gasteiger partial charge in [0.15, 0.2) is 0 Å². The maximum Gasteiger partial charge on any atom is 0.416 e. The van der Waals surface area contributed by atoms with E-state index in [-0.39, 0.29) is 10.6 Å². The zero-order valence-electron chi connectivity index (χ0n) is 20.0. The van der Waals surface area contributed by atoms with Crippen LogP contribution in [-0.4, -0.2) is 51.9 Å². The van der Waals surface area contributed by atoms with E-state index in [4.69, 9.17) is 11.6 Å². The highest BCUT2D eigenvalue weighted by Crippen LogP contribution is 2.33. The molecule has 1 fully saturated rings. The van der Waals surface area contributed by atoms with Crippen LogP contribution in [0.25, 0.3) is 0 Å². The highest BCUT2D eigenvalue weighted by Gasteiger charge is 2.34. The van der Waals surface area contributed by atoms with Gasteiger partial charge in [-0.05, 0) is 55.5 Å². The van der Waals surface area contributed by atoms with E-state index in [1.54, 1.807) is 25.1 Å². The molecular weight excluding hydrogens is 527 g/mol. The second kappa shape index (κ2) is 10.6. The first-order valence-electron chi connectivity index (χ1n) is 11.5. The van der Waals surface area contributed by atoms with Crippen LogP contribution in [0.3, 0.4) is 0 Å². The van der Waals surface area contributed by atoms with Crippen molar-refractivity contribution in [2.24, 2.45) is 0 Å². The minimum Gasteiger partial charge on any atom is -0.368 e. The van der Waals surface area contributed by atoms with Crippen molar-refractivity contribution in [3.63, 3.8) is 0 Å². The van der Waals surface area contributed by atoms with Gasteiger partial charge in [-0.25, -0.2) is 8.42 Å². The van der Waals surface area contributed by atoms with E-state index >= 15 is 0 Å². The number of carbonyl (C=O) groups excluding carboxylic acids is 1. The Morgan fingerprint density at radius 2 is 1.59 bits per heavy atom. The van der Waals surface area contributed by atoms with Gasteiger partial charge in [0.2, 0.25) is 5.91 Å². The molecule has 1 saturated heterocycles.